The lowest BCUT2D eigenvalue weighted by atomic mass is 9.86. The first-order valence-corrected chi connectivity index (χ1v) is 9.19. The van der Waals surface area contributed by atoms with Gasteiger partial charge in [0.15, 0.2) is 0 Å². The molecule has 1 aromatic heterocycles. The maximum atomic E-state index is 12.5. The SMILES string of the molecule is Cc1ccc(CN2CCN(C(=O)N(C)C)CC3(CNC(=O)C3)C2)s1. The van der Waals surface area contributed by atoms with Crippen molar-refractivity contribution in [2.24, 2.45) is 5.41 Å². The van der Waals surface area contributed by atoms with Crippen molar-refractivity contribution in [2.75, 3.05) is 46.8 Å². The third-order valence-corrected chi connectivity index (χ3v) is 5.78. The first kappa shape index (κ1) is 17.2. The monoisotopic (exact) mass is 350 g/mol. The standard InChI is InChI=1S/C17H26N4O2S/c1-13-4-5-14(24-13)9-20-6-7-21(16(23)19(2)3)12-17(11-20)8-15(22)18-10-17/h4-5H,6-12H2,1-3H3,(H,18,22). The highest BCUT2D eigenvalue weighted by Crippen LogP contribution is 2.32. The van der Waals surface area contributed by atoms with Crippen LogP contribution in [0.15, 0.2) is 12.1 Å². The minimum absolute atomic E-state index is 0.0301. The lowest BCUT2D eigenvalue weighted by molar-refractivity contribution is -0.119. The molecule has 3 heterocycles. The number of hydrogen-bond acceptors (Lipinski definition) is 4. The van der Waals surface area contributed by atoms with Crippen LogP contribution in [0.1, 0.15) is 16.2 Å². The predicted octanol–water partition coefficient (Wildman–Crippen LogP) is 1.36. The van der Waals surface area contributed by atoms with E-state index in [1.165, 1.54) is 9.75 Å². The Bertz CT molecular complexity index is 630. The van der Waals surface area contributed by atoms with Crippen LogP contribution in [-0.2, 0) is 11.3 Å². The zero-order chi connectivity index (χ0) is 17.3. The van der Waals surface area contributed by atoms with Crippen LogP contribution in [-0.4, -0.2) is 73.5 Å². The Morgan fingerprint density at radius 3 is 2.71 bits per heavy atom. The van der Waals surface area contributed by atoms with Gasteiger partial charge in [0.2, 0.25) is 5.91 Å². The van der Waals surface area contributed by atoms with Gasteiger partial charge in [0.05, 0.1) is 0 Å². The van der Waals surface area contributed by atoms with Crippen LogP contribution in [0.5, 0.6) is 0 Å². The van der Waals surface area contributed by atoms with Crippen molar-refractivity contribution >= 4 is 23.3 Å². The summed E-state index contributed by atoms with van der Waals surface area (Å²) in [6.07, 6.45) is 0.504. The minimum atomic E-state index is -0.175. The molecule has 132 valence electrons. The average molecular weight is 350 g/mol. The summed E-state index contributed by atoms with van der Waals surface area (Å²) in [5.74, 6) is 0.0982. The van der Waals surface area contributed by atoms with E-state index in [2.05, 4.69) is 29.3 Å². The number of rotatable bonds is 2. The summed E-state index contributed by atoms with van der Waals surface area (Å²) in [5, 5.41) is 2.97. The summed E-state index contributed by atoms with van der Waals surface area (Å²) in [6, 6.07) is 4.36. The third-order valence-electron chi connectivity index (χ3n) is 4.80. The number of urea groups is 1. The van der Waals surface area contributed by atoms with E-state index in [4.69, 9.17) is 0 Å². The van der Waals surface area contributed by atoms with Gasteiger partial charge in [-0.2, -0.15) is 0 Å². The van der Waals surface area contributed by atoms with Gasteiger partial charge in [-0.15, -0.1) is 11.3 Å². The molecule has 1 N–H and O–H groups in total. The number of carbonyl (C=O) groups excluding carboxylic acids is 2. The van der Waals surface area contributed by atoms with E-state index < -0.39 is 0 Å². The fourth-order valence-electron chi connectivity index (χ4n) is 3.70. The van der Waals surface area contributed by atoms with Crippen LogP contribution < -0.4 is 5.32 Å². The molecule has 0 bridgehead atoms. The quantitative estimate of drug-likeness (QED) is 0.876. The molecule has 0 saturated carbocycles. The Hall–Kier alpha value is -1.60. The molecule has 0 aromatic carbocycles. The van der Waals surface area contributed by atoms with Gasteiger partial charge < -0.3 is 15.1 Å². The summed E-state index contributed by atoms with van der Waals surface area (Å²) in [6.45, 7) is 6.70. The molecule has 1 unspecified atom stereocenters. The first-order chi connectivity index (χ1) is 11.4. The Morgan fingerprint density at radius 1 is 1.33 bits per heavy atom. The Labute approximate surface area is 147 Å². The van der Waals surface area contributed by atoms with Crippen LogP contribution in [0.25, 0.3) is 0 Å². The van der Waals surface area contributed by atoms with Crippen LogP contribution in [0.3, 0.4) is 0 Å². The molecule has 3 amide bonds. The summed E-state index contributed by atoms with van der Waals surface area (Å²) >= 11 is 1.82. The molecule has 2 aliphatic heterocycles. The number of thiophene rings is 1. The highest BCUT2D eigenvalue weighted by atomic mass is 32.1. The normalized spacial score (nSPS) is 25.0. The molecular formula is C17H26N4O2S. The minimum Gasteiger partial charge on any atom is -0.355 e. The van der Waals surface area contributed by atoms with Crippen molar-refractivity contribution in [2.45, 2.75) is 19.9 Å². The molecule has 2 aliphatic rings. The molecule has 1 spiro atoms. The Morgan fingerprint density at radius 2 is 2.12 bits per heavy atom. The first-order valence-electron chi connectivity index (χ1n) is 8.37. The third kappa shape index (κ3) is 3.72. The number of carbonyl (C=O) groups is 2. The van der Waals surface area contributed by atoms with Gasteiger partial charge in [-0.1, -0.05) is 0 Å². The van der Waals surface area contributed by atoms with E-state index in [1.54, 1.807) is 19.0 Å². The van der Waals surface area contributed by atoms with Crippen LogP contribution in [0.4, 0.5) is 4.79 Å². The maximum absolute atomic E-state index is 12.5. The van der Waals surface area contributed by atoms with E-state index in [1.807, 2.05) is 16.2 Å². The second-order valence-electron chi connectivity index (χ2n) is 7.28. The molecule has 6 nitrogen and oxygen atoms in total. The van der Waals surface area contributed by atoms with Gasteiger partial charge in [0.25, 0.3) is 0 Å². The zero-order valence-electron chi connectivity index (χ0n) is 14.7. The fourth-order valence-corrected chi connectivity index (χ4v) is 4.63. The van der Waals surface area contributed by atoms with Crippen molar-refractivity contribution in [1.29, 1.82) is 0 Å². The Balaban J connectivity index is 1.78. The zero-order valence-corrected chi connectivity index (χ0v) is 15.5. The topological polar surface area (TPSA) is 55.9 Å². The molecule has 0 radical (unpaired) electrons. The summed E-state index contributed by atoms with van der Waals surface area (Å²) in [7, 11) is 3.56. The molecule has 3 rings (SSSR count). The van der Waals surface area contributed by atoms with Crippen molar-refractivity contribution in [3.8, 4) is 0 Å². The lowest BCUT2D eigenvalue weighted by Gasteiger charge is -2.33. The molecule has 1 atom stereocenters. The second-order valence-corrected chi connectivity index (χ2v) is 8.65. The van der Waals surface area contributed by atoms with Gasteiger partial charge in [0, 0.05) is 75.0 Å². The summed E-state index contributed by atoms with van der Waals surface area (Å²) in [4.78, 5) is 32.9. The molecule has 2 fully saturated rings. The highest BCUT2D eigenvalue weighted by Gasteiger charge is 2.44. The largest absolute Gasteiger partial charge is 0.355 e. The number of hydrogen-bond donors (Lipinski definition) is 1. The molecule has 24 heavy (non-hydrogen) atoms. The van der Waals surface area contributed by atoms with Crippen LogP contribution in [0.2, 0.25) is 0 Å². The molecule has 0 aliphatic carbocycles. The van der Waals surface area contributed by atoms with Gasteiger partial charge >= 0.3 is 6.03 Å². The number of nitrogens with zero attached hydrogens (tertiary/aromatic N) is 3. The summed E-state index contributed by atoms with van der Waals surface area (Å²) in [5.41, 5.74) is -0.175. The molecule has 1 aromatic rings. The maximum Gasteiger partial charge on any atom is 0.319 e. The van der Waals surface area contributed by atoms with E-state index in [0.717, 1.165) is 19.6 Å². The van der Waals surface area contributed by atoms with Crippen LogP contribution >= 0.6 is 11.3 Å². The average Bonchev–Trinajstić information content (AvgIpc) is 3.02. The van der Waals surface area contributed by atoms with Crippen LogP contribution in [0, 0.1) is 12.3 Å². The van der Waals surface area contributed by atoms with Gasteiger partial charge in [-0.05, 0) is 19.1 Å². The van der Waals surface area contributed by atoms with Gasteiger partial charge in [-0.25, -0.2) is 4.79 Å². The molecular weight excluding hydrogens is 324 g/mol. The van der Waals surface area contributed by atoms with Crippen molar-refractivity contribution < 1.29 is 9.59 Å². The molecule has 7 heteroatoms. The number of aryl methyl sites for hydroxylation is 1. The van der Waals surface area contributed by atoms with E-state index >= 15 is 0 Å². The number of nitrogens with one attached hydrogen (secondary N) is 1. The van der Waals surface area contributed by atoms with E-state index in [9.17, 15) is 9.59 Å². The van der Waals surface area contributed by atoms with Crippen molar-refractivity contribution in [3.63, 3.8) is 0 Å². The van der Waals surface area contributed by atoms with Gasteiger partial charge in [0.1, 0.15) is 0 Å². The second kappa shape index (κ2) is 6.72. The van der Waals surface area contributed by atoms with Gasteiger partial charge in [-0.3, -0.25) is 9.69 Å². The summed E-state index contributed by atoms with van der Waals surface area (Å²) < 4.78 is 0. The molecule has 2 saturated heterocycles. The van der Waals surface area contributed by atoms with Crippen molar-refractivity contribution in [3.05, 3.63) is 21.9 Å². The smallest absolute Gasteiger partial charge is 0.319 e. The predicted molar refractivity (Wildman–Crippen MR) is 95.0 cm³/mol. The fraction of sp³-hybridized carbons (Fsp3) is 0.647. The van der Waals surface area contributed by atoms with E-state index in [0.29, 0.717) is 26.1 Å². The van der Waals surface area contributed by atoms with Crippen molar-refractivity contribution in [1.82, 2.24) is 20.0 Å². The van der Waals surface area contributed by atoms with E-state index in [-0.39, 0.29) is 17.4 Å². The Kier molecular flexibility index (Phi) is 4.83. The lowest BCUT2D eigenvalue weighted by Crippen LogP contribution is -2.46. The number of amides is 3. The highest BCUT2D eigenvalue weighted by molar-refractivity contribution is 7.11.